The molecule has 0 saturated carbocycles. The Kier molecular flexibility index (Phi) is 6.42. The van der Waals surface area contributed by atoms with Gasteiger partial charge >= 0.3 is 0 Å². The van der Waals surface area contributed by atoms with Gasteiger partial charge in [-0.05, 0) is 17.7 Å². The highest BCUT2D eigenvalue weighted by Gasteiger charge is 2.11. The molecule has 4 N–H and O–H groups in total. The third-order valence-corrected chi connectivity index (χ3v) is 3.64. The number of thioether (sulfide) groups is 1. The molecule has 0 aromatic heterocycles. The molecule has 18 heavy (non-hydrogen) atoms. The van der Waals surface area contributed by atoms with E-state index >= 15 is 0 Å². The monoisotopic (exact) mass is 275 g/mol. The molecule has 0 fully saturated rings. The molecule has 2 unspecified atom stereocenters. The van der Waals surface area contributed by atoms with E-state index in [9.17, 15) is 4.39 Å². The van der Waals surface area contributed by atoms with Crippen molar-refractivity contribution < 1.29 is 19.3 Å². The van der Waals surface area contributed by atoms with Gasteiger partial charge in [-0.1, -0.05) is 6.07 Å². The second kappa shape index (κ2) is 7.58. The quantitative estimate of drug-likeness (QED) is 0.690. The van der Waals surface area contributed by atoms with E-state index in [1.807, 2.05) is 0 Å². The molecular weight excluding hydrogens is 257 g/mol. The van der Waals surface area contributed by atoms with Crippen LogP contribution in [-0.4, -0.2) is 41.5 Å². The largest absolute Gasteiger partial charge is 0.494 e. The Hall–Kier alpha value is -0.820. The summed E-state index contributed by atoms with van der Waals surface area (Å²) in [5.74, 6) is 0.700. The minimum Gasteiger partial charge on any atom is -0.494 e. The molecule has 1 aromatic rings. The van der Waals surface area contributed by atoms with Crippen LogP contribution < -0.4 is 10.5 Å². The molecular formula is C12H18FNO3S. The lowest BCUT2D eigenvalue weighted by Crippen LogP contribution is -2.18. The van der Waals surface area contributed by atoms with Crippen molar-refractivity contribution in [1.29, 1.82) is 0 Å². The number of benzene rings is 1. The number of hydrogen-bond acceptors (Lipinski definition) is 5. The van der Waals surface area contributed by atoms with E-state index in [0.717, 1.165) is 0 Å². The fourth-order valence-corrected chi connectivity index (χ4v) is 2.35. The lowest BCUT2D eigenvalue weighted by molar-refractivity contribution is 0.113. The van der Waals surface area contributed by atoms with Crippen molar-refractivity contribution in [3.05, 3.63) is 29.6 Å². The summed E-state index contributed by atoms with van der Waals surface area (Å²) >= 11 is 1.42. The zero-order chi connectivity index (χ0) is 13.5. The van der Waals surface area contributed by atoms with Crippen molar-refractivity contribution in [1.82, 2.24) is 0 Å². The molecule has 4 nitrogen and oxygen atoms in total. The standard InChI is InChI=1S/C12H18FNO3S/c1-17-12-3-2-8(4-10(12)13)11(14)7-18-6-9(16)5-15/h2-4,9,11,15-16H,5-7,14H2,1H3. The Bertz CT molecular complexity index is 378. The first-order valence-corrected chi connectivity index (χ1v) is 6.69. The first-order chi connectivity index (χ1) is 8.58. The van der Waals surface area contributed by atoms with Gasteiger partial charge in [0.05, 0.1) is 19.8 Å². The van der Waals surface area contributed by atoms with Gasteiger partial charge in [0.25, 0.3) is 0 Å². The Balaban J connectivity index is 2.51. The fourth-order valence-electron chi connectivity index (χ4n) is 1.39. The minimum absolute atomic E-state index is 0.189. The van der Waals surface area contributed by atoms with E-state index in [0.29, 0.717) is 17.1 Å². The molecule has 102 valence electrons. The van der Waals surface area contributed by atoms with Gasteiger partial charge in [-0.15, -0.1) is 0 Å². The van der Waals surface area contributed by atoms with Crippen LogP contribution in [0.1, 0.15) is 11.6 Å². The predicted molar refractivity (Wildman–Crippen MR) is 70.3 cm³/mol. The maximum absolute atomic E-state index is 13.5. The molecule has 1 aromatic carbocycles. The zero-order valence-corrected chi connectivity index (χ0v) is 11.0. The van der Waals surface area contributed by atoms with Crippen LogP contribution in [-0.2, 0) is 0 Å². The molecule has 1 rings (SSSR count). The van der Waals surface area contributed by atoms with Crippen molar-refractivity contribution in [2.24, 2.45) is 5.73 Å². The number of nitrogens with two attached hydrogens (primary N) is 1. The molecule has 0 saturated heterocycles. The highest BCUT2D eigenvalue weighted by Crippen LogP contribution is 2.23. The zero-order valence-electron chi connectivity index (χ0n) is 10.2. The summed E-state index contributed by atoms with van der Waals surface area (Å²) < 4.78 is 18.3. The van der Waals surface area contributed by atoms with Crippen molar-refractivity contribution in [2.75, 3.05) is 25.2 Å². The SMILES string of the molecule is COc1ccc(C(N)CSCC(O)CO)cc1F. The minimum atomic E-state index is -0.741. The molecule has 0 radical (unpaired) electrons. The van der Waals surface area contributed by atoms with Crippen LogP contribution in [0.25, 0.3) is 0 Å². The predicted octanol–water partition coefficient (Wildman–Crippen LogP) is 0.920. The smallest absolute Gasteiger partial charge is 0.165 e. The van der Waals surface area contributed by atoms with Crippen LogP contribution in [0.4, 0.5) is 4.39 Å². The van der Waals surface area contributed by atoms with Crippen molar-refractivity contribution in [2.45, 2.75) is 12.1 Å². The number of halogens is 1. The molecule has 0 aliphatic rings. The fraction of sp³-hybridized carbons (Fsp3) is 0.500. The molecule has 0 aliphatic heterocycles. The van der Waals surface area contributed by atoms with Crippen LogP contribution in [0.3, 0.4) is 0 Å². The van der Waals surface area contributed by atoms with E-state index in [1.54, 1.807) is 6.07 Å². The van der Waals surface area contributed by atoms with Gasteiger partial charge in [-0.25, -0.2) is 4.39 Å². The summed E-state index contributed by atoms with van der Waals surface area (Å²) in [6.45, 7) is -0.264. The summed E-state index contributed by atoms with van der Waals surface area (Å²) in [7, 11) is 1.41. The van der Waals surface area contributed by atoms with E-state index in [4.69, 9.17) is 20.7 Å². The van der Waals surface area contributed by atoms with Crippen LogP contribution >= 0.6 is 11.8 Å². The van der Waals surface area contributed by atoms with Gasteiger partial charge in [0.1, 0.15) is 0 Å². The Morgan fingerprint density at radius 2 is 2.17 bits per heavy atom. The topological polar surface area (TPSA) is 75.7 Å². The average molecular weight is 275 g/mol. The number of ether oxygens (including phenoxy) is 1. The summed E-state index contributed by atoms with van der Waals surface area (Å²) in [5.41, 5.74) is 6.59. The second-order valence-electron chi connectivity index (χ2n) is 3.87. The number of methoxy groups -OCH3 is 1. The van der Waals surface area contributed by atoms with Crippen LogP contribution in [0.5, 0.6) is 5.75 Å². The summed E-state index contributed by atoms with van der Waals surface area (Å²) in [5, 5.41) is 17.8. The summed E-state index contributed by atoms with van der Waals surface area (Å²) in [4.78, 5) is 0. The first-order valence-electron chi connectivity index (χ1n) is 5.54. The lowest BCUT2D eigenvalue weighted by Gasteiger charge is -2.14. The first kappa shape index (κ1) is 15.2. The van der Waals surface area contributed by atoms with Gasteiger partial charge in [-0.2, -0.15) is 11.8 Å². The van der Waals surface area contributed by atoms with E-state index < -0.39 is 11.9 Å². The van der Waals surface area contributed by atoms with Crippen LogP contribution in [0.2, 0.25) is 0 Å². The van der Waals surface area contributed by atoms with Crippen molar-refractivity contribution >= 4 is 11.8 Å². The number of aliphatic hydroxyl groups is 2. The van der Waals surface area contributed by atoms with E-state index in [-0.39, 0.29) is 18.4 Å². The van der Waals surface area contributed by atoms with Crippen molar-refractivity contribution in [3.8, 4) is 5.75 Å². The van der Waals surface area contributed by atoms with Gasteiger partial charge in [0.2, 0.25) is 0 Å². The Morgan fingerprint density at radius 1 is 1.44 bits per heavy atom. The Morgan fingerprint density at radius 3 is 2.72 bits per heavy atom. The summed E-state index contributed by atoms with van der Waals surface area (Å²) in [6, 6.07) is 4.29. The molecule has 0 spiro atoms. The maximum Gasteiger partial charge on any atom is 0.165 e. The number of hydrogen-bond donors (Lipinski definition) is 3. The number of rotatable bonds is 7. The third kappa shape index (κ3) is 4.45. The molecule has 0 amide bonds. The lowest BCUT2D eigenvalue weighted by atomic mass is 10.1. The molecule has 0 heterocycles. The molecule has 6 heteroatoms. The average Bonchev–Trinajstić information content (AvgIpc) is 2.38. The normalized spacial score (nSPS) is 14.3. The van der Waals surface area contributed by atoms with Gasteiger partial charge in [-0.3, -0.25) is 0 Å². The Labute approximate surface area is 110 Å². The summed E-state index contributed by atoms with van der Waals surface area (Å²) in [6.07, 6.45) is -0.741. The third-order valence-electron chi connectivity index (χ3n) is 2.42. The van der Waals surface area contributed by atoms with Crippen LogP contribution in [0, 0.1) is 5.82 Å². The highest BCUT2D eigenvalue weighted by atomic mass is 32.2. The van der Waals surface area contributed by atoms with E-state index in [2.05, 4.69) is 0 Å². The van der Waals surface area contributed by atoms with Gasteiger partial charge < -0.3 is 20.7 Å². The highest BCUT2D eigenvalue weighted by molar-refractivity contribution is 7.99. The van der Waals surface area contributed by atoms with Gasteiger partial charge in [0, 0.05) is 17.5 Å². The molecule has 0 aliphatic carbocycles. The van der Waals surface area contributed by atoms with Crippen LogP contribution in [0.15, 0.2) is 18.2 Å². The molecule has 0 bridgehead atoms. The maximum atomic E-state index is 13.5. The second-order valence-corrected chi connectivity index (χ2v) is 4.95. The van der Waals surface area contributed by atoms with Crippen molar-refractivity contribution in [3.63, 3.8) is 0 Å². The van der Waals surface area contributed by atoms with Gasteiger partial charge in [0.15, 0.2) is 11.6 Å². The number of aliphatic hydroxyl groups excluding tert-OH is 2. The van der Waals surface area contributed by atoms with E-state index in [1.165, 1.54) is 31.0 Å². The molecule has 2 atom stereocenters.